The largest absolute Gasteiger partial charge is 0.480 e. The van der Waals surface area contributed by atoms with Gasteiger partial charge >= 0.3 is 5.97 Å². The molecule has 4 N–H and O–H groups in total. The Bertz CT molecular complexity index is 1690. The van der Waals surface area contributed by atoms with Crippen molar-refractivity contribution in [3.05, 3.63) is 94.8 Å². The number of carboxylic acids is 1. The molecule has 0 bridgehead atoms. The lowest BCUT2D eigenvalue weighted by molar-refractivity contribution is -0.140. The fourth-order valence-electron chi connectivity index (χ4n) is 4.62. The molecular formula is C32H36N6O6S. The summed E-state index contributed by atoms with van der Waals surface area (Å²) in [5.74, 6) is 4.04. The van der Waals surface area contributed by atoms with E-state index < -0.39 is 28.1 Å². The van der Waals surface area contributed by atoms with Crippen molar-refractivity contribution >= 4 is 33.7 Å². The van der Waals surface area contributed by atoms with Crippen molar-refractivity contribution in [1.29, 1.82) is 0 Å². The van der Waals surface area contributed by atoms with Crippen LogP contribution < -0.4 is 20.3 Å². The van der Waals surface area contributed by atoms with Crippen molar-refractivity contribution in [1.82, 2.24) is 24.6 Å². The maximum absolute atomic E-state index is 12.7. The molecule has 2 aromatic carbocycles. The number of aliphatic carboxylic acids is 1. The number of nitrogens with one attached hydrogen (secondary N) is 3. The third-order valence-electron chi connectivity index (χ3n) is 7.26. The zero-order valence-electron chi connectivity index (χ0n) is 25.3. The predicted molar refractivity (Wildman–Crippen MR) is 170 cm³/mol. The molecule has 0 spiro atoms. The minimum absolute atomic E-state index is 0.178. The van der Waals surface area contributed by atoms with E-state index in [9.17, 15) is 27.9 Å². The van der Waals surface area contributed by atoms with Gasteiger partial charge in [-0.25, -0.2) is 0 Å². The second-order valence-electron chi connectivity index (χ2n) is 10.8. The number of hydrogen-bond acceptors (Lipinski definition) is 7. The topological polar surface area (TPSA) is 161 Å². The summed E-state index contributed by atoms with van der Waals surface area (Å²) in [6.45, 7) is 4.95. The molecule has 0 aliphatic carbocycles. The summed E-state index contributed by atoms with van der Waals surface area (Å²) in [4.78, 5) is 42.0. The number of hydrogen-bond donors (Lipinski definition) is 4. The monoisotopic (exact) mass is 632 g/mol. The second kappa shape index (κ2) is 14.8. The molecule has 4 rings (SSSR count). The number of pyridine rings is 1. The molecule has 1 atom stereocenters. The van der Waals surface area contributed by atoms with E-state index in [1.165, 1.54) is 10.5 Å². The number of rotatable bonds is 10. The molecule has 0 radical (unpaired) electrons. The predicted octanol–water partition coefficient (Wildman–Crippen LogP) is 1.84. The standard InChI is InChI=1S/C32H36N6O6S/c1-22(2)29(32(41)42)36-45(43,44)38-18-16-37(17-19-38)27-12-8-23(9-13-27)4-5-24-14-15-34-28(20-24)31(40)35-21-25-6-10-26(11-7-25)30(39)33-3/h6-15,20,22,29,36H,16-19,21H2,1-3H3,(H,33,39)(H,35,40)(H,41,42)/t29-/m1/s1. The lowest BCUT2D eigenvalue weighted by atomic mass is 10.1. The van der Waals surface area contributed by atoms with Crippen molar-refractivity contribution in [2.45, 2.75) is 26.4 Å². The van der Waals surface area contributed by atoms with Gasteiger partial charge in [-0.05, 0) is 60.0 Å². The molecular weight excluding hydrogens is 596 g/mol. The van der Waals surface area contributed by atoms with Crippen LogP contribution in [0.1, 0.15) is 51.4 Å². The molecule has 236 valence electrons. The van der Waals surface area contributed by atoms with Crippen LogP contribution in [0.4, 0.5) is 5.69 Å². The Balaban J connectivity index is 1.31. The van der Waals surface area contributed by atoms with Crippen LogP contribution in [0.15, 0.2) is 66.9 Å². The van der Waals surface area contributed by atoms with E-state index in [-0.39, 0.29) is 37.1 Å². The van der Waals surface area contributed by atoms with Crippen LogP contribution >= 0.6 is 0 Å². The number of benzene rings is 2. The lowest BCUT2D eigenvalue weighted by Crippen LogP contribution is -2.55. The van der Waals surface area contributed by atoms with Gasteiger partial charge in [0.1, 0.15) is 11.7 Å². The maximum Gasteiger partial charge on any atom is 0.322 e. The highest BCUT2D eigenvalue weighted by Gasteiger charge is 2.33. The number of nitrogens with zero attached hydrogens (tertiary/aromatic N) is 3. The Hall–Kier alpha value is -4.77. The molecule has 1 fully saturated rings. The molecule has 2 heterocycles. The van der Waals surface area contributed by atoms with Crippen LogP contribution in [0.2, 0.25) is 0 Å². The van der Waals surface area contributed by atoms with Crippen LogP contribution in [0.5, 0.6) is 0 Å². The molecule has 1 saturated heterocycles. The summed E-state index contributed by atoms with van der Waals surface area (Å²) in [6.07, 6.45) is 1.53. The Morgan fingerprint density at radius 1 is 0.911 bits per heavy atom. The number of carbonyl (C=O) groups excluding carboxylic acids is 2. The minimum Gasteiger partial charge on any atom is -0.480 e. The number of anilines is 1. The van der Waals surface area contributed by atoms with Gasteiger partial charge in [-0.15, -0.1) is 0 Å². The molecule has 0 saturated carbocycles. The van der Waals surface area contributed by atoms with E-state index in [4.69, 9.17) is 0 Å². The van der Waals surface area contributed by atoms with E-state index in [0.29, 0.717) is 24.2 Å². The van der Waals surface area contributed by atoms with Gasteiger partial charge in [0.2, 0.25) is 0 Å². The summed E-state index contributed by atoms with van der Waals surface area (Å²) < 4.78 is 29.1. The van der Waals surface area contributed by atoms with Crippen LogP contribution in [0.25, 0.3) is 0 Å². The highest BCUT2D eigenvalue weighted by atomic mass is 32.2. The van der Waals surface area contributed by atoms with E-state index >= 15 is 0 Å². The van der Waals surface area contributed by atoms with Crippen LogP contribution in [0.3, 0.4) is 0 Å². The van der Waals surface area contributed by atoms with E-state index in [1.807, 2.05) is 24.3 Å². The fraction of sp³-hybridized carbons (Fsp3) is 0.312. The Morgan fingerprint density at radius 3 is 2.16 bits per heavy atom. The van der Waals surface area contributed by atoms with Crippen molar-refractivity contribution in [2.24, 2.45) is 5.92 Å². The van der Waals surface area contributed by atoms with Gasteiger partial charge in [0.05, 0.1) is 0 Å². The average molecular weight is 633 g/mol. The van der Waals surface area contributed by atoms with Crippen LogP contribution in [0, 0.1) is 17.8 Å². The molecule has 2 amide bonds. The molecule has 1 aliphatic heterocycles. The van der Waals surface area contributed by atoms with Crippen LogP contribution in [-0.4, -0.2) is 79.9 Å². The average Bonchev–Trinajstić information content (AvgIpc) is 3.05. The zero-order valence-corrected chi connectivity index (χ0v) is 26.1. The minimum atomic E-state index is -3.93. The molecule has 1 aliphatic rings. The normalized spacial score (nSPS) is 14.3. The van der Waals surface area contributed by atoms with E-state index in [2.05, 4.69) is 37.1 Å². The fourth-order valence-corrected chi connectivity index (χ4v) is 6.10. The van der Waals surface area contributed by atoms with Crippen molar-refractivity contribution in [3.8, 4) is 11.8 Å². The molecule has 12 nitrogen and oxygen atoms in total. The van der Waals surface area contributed by atoms with Gasteiger partial charge in [0, 0.05) is 68.3 Å². The first kappa shape index (κ1) is 33.1. The molecule has 1 aromatic heterocycles. The van der Waals surface area contributed by atoms with Gasteiger partial charge < -0.3 is 20.6 Å². The lowest BCUT2D eigenvalue weighted by Gasteiger charge is -2.36. The molecule has 0 unspecified atom stereocenters. The van der Waals surface area contributed by atoms with Crippen molar-refractivity contribution < 1.29 is 27.9 Å². The van der Waals surface area contributed by atoms with Gasteiger partial charge in [-0.3, -0.25) is 19.4 Å². The summed E-state index contributed by atoms with van der Waals surface area (Å²) in [7, 11) is -2.37. The Morgan fingerprint density at radius 2 is 1.56 bits per heavy atom. The number of carboxylic acid groups (broad SMARTS) is 1. The van der Waals surface area contributed by atoms with Crippen molar-refractivity contribution in [2.75, 3.05) is 38.1 Å². The van der Waals surface area contributed by atoms with Crippen molar-refractivity contribution in [3.63, 3.8) is 0 Å². The first-order valence-corrected chi connectivity index (χ1v) is 15.8. The van der Waals surface area contributed by atoms with Gasteiger partial charge in [-0.1, -0.05) is 37.8 Å². The van der Waals surface area contributed by atoms with E-state index in [1.54, 1.807) is 57.3 Å². The maximum atomic E-state index is 12.7. The van der Waals surface area contributed by atoms with E-state index in [0.717, 1.165) is 16.8 Å². The van der Waals surface area contributed by atoms with Gasteiger partial charge in [-0.2, -0.15) is 17.4 Å². The van der Waals surface area contributed by atoms with Crippen LogP contribution in [-0.2, 0) is 21.5 Å². The molecule has 3 aromatic rings. The Kier molecular flexibility index (Phi) is 10.9. The molecule has 45 heavy (non-hydrogen) atoms. The number of carbonyl (C=O) groups is 3. The Labute approximate surface area is 263 Å². The van der Waals surface area contributed by atoms with Gasteiger partial charge in [0.15, 0.2) is 0 Å². The summed E-state index contributed by atoms with van der Waals surface area (Å²) >= 11 is 0. The summed E-state index contributed by atoms with van der Waals surface area (Å²) in [6, 6.07) is 16.7. The highest BCUT2D eigenvalue weighted by Crippen LogP contribution is 2.19. The first-order valence-electron chi connectivity index (χ1n) is 14.4. The molecule has 13 heteroatoms. The third-order valence-corrected chi connectivity index (χ3v) is 8.86. The number of amides is 2. The third kappa shape index (κ3) is 8.89. The zero-order chi connectivity index (χ0) is 32.6. The number of piperazine rings is 1. The quantitative estimate of drug-likeness (QED) is 0.246. The SMILES string of the molecule is CNC(=O)c1ccc(CNC(=O)c2cc(C#Cc3ccc(N4CCN(S(=O)(=O)N[C@@H](C(=O)O)C(C)C)CC4)cc3)ccn2)cc1. The summed E-state index contributed by atoms with van der Waals surface area (Å²) in [5, 5.41) is 14.7. The number of aromatic nitrogens is 1. The smallest absolute Gasteiger partial charge is 0.322 e. The second-order valence-corrected chi connectivity index (χ2v) is 12.5. The first-order chi connectivity index (χ1) is 21.5. The van der Waals surface area contributed by atoms with Gasteiger partial charge in [0.25, 0.3) is 22.0 Å². The highest BCUT2D eigenvalue weighted by molar-refractivity contribution is 7.87. The summed E-state index contributed by atoms with van der Waals surface area (Å²) in [5.41, 5.74) is 3.92.